The average molecular weight is 268 g/mol. The van der Waals surface area contributed by atoms with Crippen molar-refractivity contribution in [1.82, 2.24) is 9.97 Å². The largest absolute Gasteiger partial charge is 0.439 e. The van der Waals surface area contributed by atoms with E-state index in [4.69, 9.17) is 10.00 Å². The second kappa shape index (κ2) is 6.53. The first-order chi connectivity index (χ1) is 9.78. The van der Waals surface area contributed by atoms with Crippen LogP contribution in [-0.2, 0) is 6.42 Å². The number of anilines is 1. The summed E-state index contributed by atoms with van der Waals surface area (Å²) in [6, 6.07) is 9.03. The Morgan fingerprint density at radius 2 is 2.00 bits per heavy atom. The summed E-state index contributed by atoms with van der Waals surface area (Å²) >= 11 is 0. The molecular formula is C15H16N4O. The summed E-state index contributed by atoms with van der Waals surface area (Å²) in [4.78, 5) is 8.41. The van der Waals surface area contributed by atoms with Gasteiger partial charge in [0.1, 0.15) is 17.9 Å². The van der Waals surface area contributed by atoms with Crippen LogP contribution in [0.15, 0.2) is 30.6 Å². The molecule has 0 amide bonds. The van der Waals surface area contributed by atoms with Gasteiger partial charge in [0.25, 0.3) is 0 Å². The smallest absolute Gasteiger partial charge is 0.227 e. The molecule has 1 heterocycles. The van der Waals surface area contributed by atoms with Crippen molar-refractivity contribution in [3.8, 4) is 17.7 Å². The maximum atomic E-state index is 8.78. The van der Waals surface area contributed by atoms with Crippen molar-refractivity contribution >= 4 is 5.82 Å². The van der Waals surface area contributed by atoms with E-state index in [0.717, 1.165) is 24.2 Å². The van der Waals surface area contributed by atoms with Crippen molar-refractivity contribution < 1.29 is 4.74 Å². The van der Waals surface area contributed by atoms with Gasteiger partial charge in [0.05, 0.1) is 17.2 Å². The van der Waals surface area contributed by atoms with Gasteiger partial charge in [-0.3, -0.25) is 0 Å². The highest BCUT2D eigenvalue weighted by molar-refractivity contribution is 5.49. The highest BCUT2D eigenvalue weighted by Crippen LogP contribution is 2.27. The van der Waals surface area contributed by atoms with E-state index in [-0.39, 0.29) is 0 Å². The quantitative estimate of drug-likeness (QED) is 0.902. The summed E-state index contributed by atoms with van der Waals surface area (Å²) in [7, 11) is 1.83. The molecule has 2 rings (SSSR count). The van der Waals surface area contributed by atoms with E-state index in [0.29, 0.717) is 17.2 Å². The standard InChI is InChI=1S/C15H16N4O/c1-3-4-13-14(17-2)18-10-19-15(13)20-12-7-5-11(9-16)6-8-12/h5-8,10H,3-4H2,1-2H3,(H,17,18,19). The van der Waals surface area contributed by atoms with Crippen LogP contribution in [0.2, 0.25) is 0 Å². The number of hydrogen-bond donors (Lipinski definition) is 1. The van der Waals surface area contributed by atoms with E-state index in [1.807, 2.05) is 7.05 Å². The molecule has 1 aromatic heterocycles. The van der Waals surface area contributed by atoms with Gasteiger partial charge in [-0.15, -0.1) is 0 Å². The Morgan fingerprint density at radius 1 is 1.25 bits per heavy atom. The van der Waals surface area contributed by atoms with Gasteiger partial charge in [-0.2, -0.15) is 5.26 Å². The topological polar surface area (TPSA) is 70.8 Å². The first-order valence-corrected chi connectivity index (χ1v) is 6.48. The van der Waals surface area contributed by atoms with E-state index in [9.17, 15) is 0 Å². The summed E-state index contributed by atoms with van der Waals surface area (Å²) in [5.74, 6) is 1.99. The van der Waals surface area contributed by atoms with E-state index in [1.54, 1.807) is 24.3 Å². The van der Waals surface area contributed by atoms with Gasteiger partial charge in [-0.1, -0.05) is 13.3 Å². The van der Waals surface area contributed by atoms with Crippen LogP contribution < -0.4 is 10.1 Å². The molecule has 5 nitrogen and oxygen atoms in total. The van der Waals surface area contributed by atoms with E-state index < -0.39 is 0 Å². The molecule has 0 unspecified atom stereocenters. The van der Waals surface area contributed by atoms with Crippen LogP contribution in [0.25, 0.3) is 0 Å². The minimum Gasteiger partial charge on any atom is -0.439 e. The molecule has 0 fully saturated rings. The van der Waals surface area contributed by atoms with Gasteiger partial charge < -0.3 is 10.1 Å². The molecule has 0 aliphatic carbocycles. The molecule has 5 heteroatoms. The Labute approximate surface area is 118 Å². The van der Waals surface area contributed by atoms with Crippen LogP contribution in [-0.4, -0.2) is 17.0 Å². The summed E-state index contributed by atoms with van der Waals surface area (Å²) in [6.07, 6.45) is 3.29. The highest BCUT2D eigenvalue weighted by atomic mass is 16.5. The van der Waals surface area contributed by atoms with Crippen molar-refractivity contribution in [1.29, 1.82) is 5.26 Å². The summed E-state index contributed by atoms with van der Waals surface area (Å²) < 4.78 is 5.80. The maximum absolute atomic E-state index is 8.78. The van der Waals surface area contributed by atoms with Crippen LogP contribution in [0.4, 0.5) is 5.82 Å². The van der Waals surface area contributed by atoms with Crippen LogP contribution in [0.1, 0.15) is 24.5 Å². The predicted octanol–water partition coefficient (Wildman–Crippen LogP) is 3.13. The number of benzene rings is 1. The van der Waals surface area contributed by atoms with Gasteiger partial charge in [0.15, 0.2) is 0 Å². The van der Waals surface area contributed by atoms with E-state index in [2.05, 4.69) is 28.3 Å². The fourth-order valence-corrected chi connectivity index (χ4v) is 1.88. The number of ether oxygens (including phenoxy) is 1. The summed E-state index contributed by atoms with van der Waals surface area (Å²) in [5, 5.41) is 11.8. The zero-order valence-electron chi connectivity index (χ0n) is 11.6. The fraction of sp³-hybridized carbons (Fsp3) is 0.267. The highest BCUT2D eigenvalue weighted by Gasteiger charge is 2.11. The van der Waals surface area contributed by atoms with Gasteiger partial charge in [-0.05, 0) is 30.7 Å². The number of nitrogens with zero attached hydrogens (tertiary/aromatic N) is 3. The van der Waals surface area contributed by atoms with Crippen molar-refractivity contribution in [2.75, 3.05) is 12.4 Å². The Bertz CT molecular complexity index is 617. The third-order valence-corrected chi connectivity index (χ3v) is 2.84. The van der Waals surface area contributed by atoms with Gasteiger partial charge in [0, 0.05) is 7.05 Å². The maximum Gasteiger partial charge on any atom is 0.227 e. The SMILES string of the molecule is CCCc1c(NC)ncnc1Oc1ccc(C#N)cc1. The third-order valence-electron chi connectivity index (χ3n) is 2.84. The lowest BCUT2D eigenvalue weighted by molar-refractivity contribution is 0.454. The zero-order chi connectivity index (χ0) is 14.4. The fourth-order valence-electron chi connectivity index (χ4n) is 1.88. The molecule has 20 heavy (non-hydrogen) atoms. The molecule has 2 aromatic rings. The minimum absolute atomic E-state index is 0.552. The Kier molecular flexibility index (Phi) is 4.51. The molecule has 0 radical (unpaired) electrons. The first kappa shape index (κ1) is 13.8. The van der Waals surface area contributed by atoms with Crippen LogP contribution in [0.5, 0.6) is 11.6 Å². The molecule has 0 spiro atoms. The molecule has 0 saturated carbocycles. The Morgan fingerprint density at radius 3 is 2.60 bits per heavy atom. The Balaban J connectivity index is 2.30. The van der Waals surface area contributed by atoms with Crippen LogP contribution in [0.3, 0.4) is 0 Å². The van der Waals surface area contributed by atoms with E-state index in [1.165, 1.54) is 6.33 Å². The van der Waals surface area contributed by atoms with Gasteiger partial charge >= 0.3 is 0 Å². The molecular weight excluding hydrogens is 252 g/mol. The lowest BCUT2D eigenvalue weighted by Crippen LogP contribution is -2.03. The Hall–Kier alpha value is -2.61. The minimum atomic E-state index is 0.552. The van der Waals surface area contributed by atoms with Crippen molar-refractivity contribution in [3.05, 3.63) is 41.7 Å². The molecule has 0 bridgehead atoms. The van der Waals surface area contributed by atoms with Crippen molar-refractivity contribution in [2.45, 2.75) is 19.8 Å². The number of nitrogens with one attached hydrogen (secondary N) is 1. The normalized spacial score (nSPS) is 9.85. The number of hydrogen-bond acceptors (Lipinski definition) is 5. The van der Waals surface area contributed by atoms with Gasteiger partial charge in [0.2, 0.25) is 5.88 Å². The molecule has 1 N–H and O–H groups in total. The second-order valence-corrected chi connectivity index (χ2v) is 4.24. The first-order valence-electron chi connectivity index (χ1n) is 6.48. The zero-order valence-corrected chi connectivity index (χ0v) is 11.6. The average Bonchev–Trinajstić information content (AvgIpc) is 2.50. The van der Waals surface area contributed by atoms with Crippen LogP contribution in [0, 0.1) is 11.3 Å². The predicted molar refractivity (Wildman–Crippen MR) is 76.8 cm³/mol. The molecule has 102 valence electrons. The summed E-state index contributed by atoms with van der Waals surface area (Å²) in [5.41, 5.74) is 1.56. The molecule has 0 saturated heterocycles. The van der Waals surface area contributed by atoms with Crippen molar-refractivity contribution in [3.63, 3.8) is 0 Å². The molecule has 0 aliphatic heterocycles. The monoisotopic (exact) mass is 268 g/mol. The number of rotatable bonds is 5. The third kappa shape index (κ3) is 3.04. The number of aromatic nitrogens is 2. The molecule has 0 aliphatic rings. The second-order valence-electron chi connectivity index (χ2n) is 4.24. The molecule has 0 atom stereocenters. The molecule has 1 aromatic carbocycles. The lowest BCUT2D eigenvalue weighted by Gasteiger charge is -2.12. The summed E-state index contributed by atoms with van der Waals surface area (Å²) in [6.45, 7) is 2.10. The lowest BCUT2D eigenvalue weighted by atomic mass is 10.1. The van der Waals surface area contributed by atoms with Gasteiger partial charge in [-0.25, -0.2) is 9.97 Å². The van der Waals surface area contributed by atoms with Crippen LogP contribution >= 0.6 is 0 Å². The van der Waals surface area contributed by atoms with E-state index >= 15 is 0 Å². The number of nitriles is 1. The van der Waals surface area contributed by atoms with Crippen molar-refractivity contribution in [2.24, 2.45) is 0 Å².